The average molecular weight is 235 g/mol. The van der Waals surface area contributed by atoms with Crippen molar-refractivity contribution >= 4 is 22.9 Å². The standard InChI is InChI=1S/C10H17N7/c1-17(2)5-3-4-12-8-7-9(14-6-13-7)16-10(11)15-8/h6H,3-5H2,1-2H3,(H4,11,12,13,14,15,16). The minimum Gasteiger partial charge on any atom is -0.368 e. The lowest BCUT2D eigenvalue weighted by atomic mass is 10.4. The van der Waals surface area contributed by atoms with Gasteiger partial charge in [-0.1, -0.05) is 0 Å². The lowest BCUT2D eigenvalue weighted by Crippen LogP contribution is -2.17. The Morgan fingerprint density at radius 2 is 2.24 bits per heavy atom. The third-order valence-corrected chi connectivity index (χ3v) is 2.38. The van der Waals surface area contributed by atoms with Crippen LogP contribution in [0.3, 0.4) is 0 Å². The maximum atomic E-state index is 5.61. The monoisotopic (exact) mass is 235 g/mol. The molecule has 0 spiro atoms. The van der Waals surface area contributed by atoms with Crippen molar-refractivity contribution in [2.75, 3.05) is 38.2 Å². The molecule has 0 saturated heterocycles. The van der Waals surface area contributed by atoms with E-state index in [9.17, 15) is 0 Å². The molecule has 0 unspecified atom stereocenters. The number of nitrogens with two attached hydrogens (primary N) is 1. The van der Waals surface area contributed by atoms with Gasteiger partial charge in [0.05, 0.1) is 6.33 Å². The van der Waals surface area contributed by atoms with E-state index in [1.807, 2.05) is 0 Å². The Labute approximate surface area is 99.5 Å². The third kappa shape index (κ3) is 2.82. The molecule has 0 radical (unpaired) electrons. The number of nitrogens with zero attached hydrogens (tertiary/aromatic N) is 4. The maximum absolute atomic E-state index is 5.61. The number of nitrogens with one attached hydrogen (secondary N) is 2. The van der Waals surface area contributed by atoms with Crippen molar-refractivity contribution in [3.8, 4) is 0 Å². The summed E-state index contributed by atoms with van der Waals surface area (Å²) in [5, 5.41) is 3.24. The fourth-order valence-corrected chi connectivity index (χ4v) is 1.58. The molecule has 0 amide bonds. The molecule has 92 valence electrons. The lowest BCUT2D eigenvalue weighted by Gasteiger charge is -2.10. The SMILES string of the molecule is CN(C)CCCNc1nc(N)nc2nc[nH]c12. The first kappa shape index (κ1) is 11.6. The van der Waals surface area contributed by atoms with Gasteiger partial charge in [0.15, 0.2) is 11.5 Å². The van der Waals surface area contributed by atoms with Crippen LogP contribution in [0.1, 0.15) is 6.42 Å². The van der Waals surface area contributed by atoms with E-state index in [2.05, 4.69) is 44.2 Å². The number of hydrogen-bond acceptors (Lipinski definition) is 6. The van der Waals surface area contributed by atoms with Crippen molar-refractivity contribution in [1.29, 1.82) is 0 Å². The highest BCUT2D eigenvalue weighted by atomic mass is 15.1. The average Bonchev–Trinajstić information content (AvgIpc) is 2.71. The number of rotatable bonds is 5. The second-order valence-corrected chi connectivity index (χ2v) is 4.12. The van der Waals surface area contributed by atoms with E-state index in [4.69, 9.17) is 5.73 Å². The summed E-state index contributed by atoms with van der Waals surface area (Å²) in [7, 11) is 4.10. The Hall–Kier alpha value is -1.89. The molecule has 2 heterocycles. The van der Waals surface area contributed by atoms with Crippen LogP contribution in [0.25, 0.3) is 11.2 Å². The van der Waals surface area contributed by atoms with Crippen molar-refractivity contribution < 1.29 is 0 Å². The van der Waals surface area contributed by atoms with Gasteiger partial charge in [0.2, 0.25) is 5.95 Å². The summed E-state index contributed by atoms with van der Waals surface area (Å²) in [6, 6.07) is 0. The van der Waals surface area contributed by atoms with E-state index in [0.717, 1.165) is 25.0 Å². The predicted octanol–water partition coefficient (Wildman–Crippen LogP) is 0.299. The van der Waals surface area contributed by atoms with E-state index in [0.29, 0.717) is 11.5 Å². The Bertz CT molecular complexity index is 490. The molecule has 2 rings (SSSR count). The first-order valence-corrected chi connectivity index (χ1v) is 5.52. The Morgan fingerprint density at radius 3 is 3.00 bits per heavy atom. The zero-order chi connectivity index (χ0) is 12.3. The Kier molecular flexibility index (Phi) is 3.38. The summed E-state index contributed by atoms with van der Waals surface area (Å²) in [4.78, 5) is 17.4. The van der Waals surface area contributed by atoms with E-state index in [-0.39, 0.29) is 5.95 Å². The number of fused-ring (bicyclic) bond motifs is 1. The van der Waals surface area contributed by atoms with Crippen LogP contribution in [-0.4, -0.2) is 52.0 Å². The molecule has 0 aliphatic rings. The number of H-pyrrole nitrogens is 1. The molecule has 0 aromatic carbocycles. The van der Waals surface area contributed by atoms with Crippen LogP contribution in [0.5, 0.6) is 0 Å². The lowest BCUT2D eigenvalue weighted by molar-refractivity contribution is 0.405. The van der Waals surface area contributed by atoms with E-state index >= 15 is 0 Å². The topological polar surface area (TPSA) is 95.8 Å². The summed E-state index contributed by atoms with van der Waals surface area (Å²) < 4.78 is 0. The van der Waals surface area contributed by atoms with Gasteiger partial charge < -0.3 is 20.9 Å². The van der Waals surface area contributed by atoms with Gasteiger partial charge in [0, 0.05) is 6.54 Å². The van der Waals surface area contributed by atoms with Crippen molar-refractivity contribution in [2.24, 2.45) is 0 Å². The molecular formula is C10H17N7. The Morgan fingerprint density at radius 1 is 1.41 bits per heavy atom. The molecule has 0 atom stereocenters. The van der Waals surface area contributed by atoms with E-state index in [1.165, 1.54) is 0 Å². The zero-order valence-corrected chi connectivity index (χ0v) is 10.1. The first-order valence-electron chi connectivity index (χ1n) is 5.52. The van der Waals surface area contributed by atoms with Crippen LogP contribution in [0.15, 0.2) is 6.33 Å². The molecule has 0 aliphatic carbocycles. The fourth-order valence-electron chi connectivity index (χ4n) is 1.58. The molecular weight excluding hydrogens is 218 g/mol. The molecule has 0 aliphatic heterocycles. The molecule has 2 aromatic rings. The minimum atomic E-state index is 0.236. The van der Waals surface area contributed by atoms with Gasteiger partial charge in [0.1, 0.15) is 5.52 Å². The van der Waals surface area contributed by atoms with Gasteiger partial charge >= 0.3 is 0 Å². The Balaban J connectivity index is 2.04. The first-order chi connectivity index (χ1) is 8.16. The van der Waals surface area contributed by atoms with Gasteiger partial charge in [-0.25, -0.2) is 4.98 Å². The number of hydrogen-bond donors (Lipinski definition) is 3. The summed E-state index contributed by atoms with van der Waals surface area (Å²) in [6.45, 7) is 1.86. The van der Waals surface area contributed by atoms with Crippen LogP contribution in [0.4, 0.5) is 11.8 Å². The van der Waals surface area contributed by atoms with Crippen LogP contribution < -0.4 is 11.1 Å². The highest BCUT2D eigenvalue weighted by molar-refractivity contribution is 5.83. The molecule has 2 aromatic heterocycles. The number of nitrogen functional groups attached to an aromatic ring is 1. The second kappa shape index (κ2) is 4.96. The van der Waals surface area contributed by atoms with Crippen molar-refractivity contribution in [1.82, 2.24) is 24.8 Å². The molecule has 0 bridgehead atoms. The molecule has 7 nitrogen and oxygen atoms in total. The van der Waals surface area contributed by atoms with Gasteiger partial charge in [-0.3, -0.25) is 0 Å². The molecule has 7 heteroatoms. The zero-order valence-electron chi connectivity index (χ0n) is 10.1. The van der Waals surface area contributed by atoms with Gasteiger partial charge in [-0.05, 0) is 27.1 Å². The summed E-state index contributed by atoms with van der Waals surface area (Å²) in [6.07, 6.45) is 2.62. The fraction of sp³-hybridized carbons (Fsp3) is 0.500. The second-order valence-electron chi connectivity index (χ2n) is 4.12. The summed E-state index contributed by atoms with van der Waals surface area (Å²) >= 11 is 0. The largest absolute Gasteiger partial charge is 0.368 e. The van der Waals surface area contributed by atoms with Crippen molar-refractivity contribution in [2.45, 2.75) is 6.42 Å². The predicted molar refractivity (Wildman–Crippen MR) is 67.8 cm³/mol. The summed E-state index contributed by atoms with van der Waals surface area (Å²) in [5.74, 6) is 0.948. The maximum Gasteiger partial charge on any atom is 0.224 e. The van der Waals surface area contributed by atoms with Gasteiger partial charge in [0.25, 0.3) is 0 Å². The quantitative estimate of drug-likeness (QED) is 0.645. The molecule has 17 heavy (non-hydrogen) atoms. The highest BCUT2D eigenvalue weighted by Crippen LogP contribution is 2.16. The molecule has 0 fully saturated rings. The van der Waals surface area contributed by atoms with Crippen LogP contribution in [-0.2, 0) is 0 Å². The van der Waals surface area contributed by atoms with Crippen LogP contribution in [0.2, 0.25) is 0 Å². The van der Waals surface area contributed by atoms with Gasteiger partial charge in [-0.15, -0.1) is 0 Å². The van der Waals surface area contributed by atoms with Crippen molar-refractivity contribution in [3.05, 3.63) is 6.33 Å². The molecule has 4 N–H and O–H groups in total. The van der Waals surface area contributed by atoms with Gasteiger partial charge in [-0.2, -0.15) is 9.97 Å². The third-order valence-electron chi connectivity index (χ3n) is 2.38. The van der Waals surface area contributed by atoms with Crippen LogP contribution >= 0.6 is 0 Å². The van der Waals surface area contributed by atoms with E-state index < -0.39 is 0 Å². The number of aromatic nitrogens is 4. The number of imidazole rings is 1. The normalized spacial score (nSPS) is 11.2. The van der Waals surface area contributed by atoms with Crippen LogP contribution in [0, 0.1) is 0 Å². The minimum absolute atomic E-state index is 0.236. The highest BCUT2D eigenvalue weighted by Gasteiger charge is 2.07. The number of aromatic amines is 1. The molecule has 0 saturated carbocycles. The summed E-state index contributed by atoms with van der Waals surface area (Å²) in [5.41, 5.74) is 7.00. The number of anilines is 2. The van der Waals surface area contributed by atoms with E-state index in [1.54, 1.807) is 6.33 Å². The van der Waals surface area contributed by atoms with Crippen molar-refractivity contribution in [3.63, 3.8) is 0 Å². The smallest absolute Gasteiger partial charge is 0.224 e.